The van der Waals surface area contributed by atoms with Gasteiger partial charge in [-0.2, -0.15) is 5.21 Å². The zero-order chi connectivity index (χ0) is 31.5. The number of thiophene rings is 1. The monoisotopic (exact) mass is 647 g/mol. The second-order valence-corrected chi connectivity index (χ2v) is 11.8. The average Bonchev–Trinajstić information content (AvgIpc) is 3.85. The molecule has 0 bridgehead atoms. The van der Waals surface area contributed by atoms with Gasteiger partial charge in [-0.15, -0.1) is 21.5 Å². The fourth-order valence-corrected chi connectivity index (χ4v) is 6.29. The molecule has 0 unspecified atom stereocenters. The van der Waals surface area contributed by atoms with Gasteiger partial charge in [-0.1, -0.05) is 91.9 Å². The van der Waals surface area contributed by atoms with Crippen molar-refractivity contribution >= 4 is 63.4 Å². The van der Waals surface area contributed by atoms with Crippen molar-refractivity contribution in [2.75, 3.05) is 4.90 Å². The van der Waals surface area contributed by atoms with E-state index in [9.17, 15) is 9.59 Å². The number of aryl methyl sites for hydroxylation is 1. The normalized spacial score (nSPS) is 10.9. The van der Waals surface area contributed by atoms with Crippen molar-refractivity contribution in [3.8, 4) is 22.5 Å². The van der Waals surface area contributed by atoms with E-state index in [0.29, 0.717) is 52.6 Å². The van der Waals surface area contributed by atoms with Crippen LogP contribution in [0.1, 0.15) is 33.5 Å². The zero-order valence-electron chi connectivity index (χ0n) is 25.0. The molecule has 3 aromatic heterocycles. The Kier molecular flexibility index (Phi) is 9.84. The van der Waals surface area contributed by atoms with E-state index in [1.54, 1.807) is 15.5 Å². The standard InChI is InChI=1S/C36H29N7O2S.Na.H/c1-2-33-37-31-19-18-27(42(22-24-9-4-3-5-10-24)36(45)32-13-8-20-46-32)21-30(31)35(44)43(33)23-25-14-16-26(17-15-25)28-11-6-7-12-29(28)34-38-40-41-39-34;;/h3-21H,2,22-23H2,1H3,(H,38,39,40,41);;. The van der Waals surface area contributed by atoms with Crippen molar-refractivity contribution in [2.24, 2.45) is 0 Å². The maximum atomic E-state index is 14.1. The molecular formula is C36H30N7NaO2S. The summed E-state index contributed by atoms with van der Waals surface area (Å²) in [6, 6.07) is 35.1. The van der Waals surface area contributed by atoms with Crippen LogP contribution in [0, 0.1) is 0 Å². The van der Waals surface area contributed by atoms with Gasteiger partial charge in [0.2, 0.25) is 5.82 Å². The van der Waals surface area contributed by atoms with Crippen LogP contribution in [0.3, 0.4) is 0 Å². The van der Waals surface area contributed by atoms with Crippen LogP contribution in [-0.2, 0) is 19.5 Å². The predicted octanol–water partition coefficient (Wildman–Crippen LogP) is 6.11. The first kappa shape index (κ1) is 32.2. The quantitative estimate of drug-likeness (QED) is 0.189. The number of carbonyl (C=O) groups excluding carboxylic acids is 1. The van der Waals surface area contributed by atoms with Crippen LogP contribution < -0.4 is 10.5 Å². The van der Waals surface area contributed by atoms with Crippen LogP contribution >= 0.6 is 11.3 Å². The van der Waals surface area contributed by atoms with Crippen LogP contribution in [0.5, 0.6) is 0 Å². The number of nitrogens with zero attached hydrogens (tertiary/aromatic N) is 6. The number of fused-ring (bicyclic) bond motifs is 1. The Labute approximate surface area is 297 Å². The fourth-order valence-electron chi connectivity index (χ4n) is 5.61. The predicted molar refractivity (Wildman–Crippen MR) is 188 cm³/mol. The summed E-state index contributed by atoms with van der Waals surface area (Å²) < 4.78 is 1.73. The van der Waals surface area contributed by atoms with E-state index < -0.39 is 0 Å². The SMILES string of the molecule is CCc1nc2ccc(N(Cc3ccccc3)C(=O)c3cccs3)cc2c(=O)n1Cc1ccc(-c2ccccc2-c2nn[nH]n2)cc1.[NaH]. The number of aromatic nitrogens is 6. The molecular weight excluding hydrogens is 618 g/mol. The summed E-state index contributed by atoms with van der Waals surface area (Å²) in [7, 11) is 0. The first-order valence-electron chi connectivity index (χ1n) is 14.9. The van der Waals surface area contributed by atoms with E-state index >= 15 is 0 Å². The summed E-state index contributed by atoms with van der Waals surface area (Å²) in [5.74, 6) is 1.12. The number of hydrogen-bond donors (Lipinski definition) is 1. The second kappa shape index (κ2) is 14.4. The summed E-state index contributed by atoms with van der Waals surface area (Å²) in [4.78, 5) is 35.0. The number of aromatic amines is 1. The van der Waals surface area contributed by atoms with Gasteiger partial charge in [-0.3, -0.25) is 14.2 Å². The maximum absolute atomic E-state index is 14.1. The molecule has 1 N–H and O–H groups in total. The zero-order valence-corrected chi connectivity index (χ0v) is 25.8. The Morgan fingerprint density at radius 3 is 2.34 bits per heavy atom. The van der Waals surface area contributed by atoms with Gasteiger partial charge in [-0.25, -0.2) is 4.98 Å². The molecule has 3 heterocycles. The van der Waals surface area contributed by atoms with Gasteiger partial charge in [0.1, 0.15) is 5.82 Å². The molecule has 0 saturated carbocycles. The van der Waals surface area contributed by atoms with Crippen molar-refractivity contribution in [2.45, 2.75) is 26.4 Å². The van der Waals surface area contributed by atoms with Crippen LogP contribution in [0.4, 0.5) is 5.69 Å². The molecule has 0 fully saturated rings. The number of amides is 1. The summed E-state index contributed by atoms with van der Waals surface area (Å²) in [5, 5.41) is 16.9. The van der Waals surface area contributed by atoms with Crippen LogP contribution in [0.25, 0.3) is 33.4 Å². The van der Waals surface area contributed by atoms with E-state index in [-0.39, 0.29) is 41.0 Å². The van der Waals surface area contributed by atoms with Gasteiger partial charge in [0.25, 0.3) is 11.5 Å². The Balaban J connectivity index is 0.00000386. The molecule has 0 atom stereocenters. The Morgan fingerprint density at radius 1 is 0.872 bits per heavy atom. The number of tetrazole rings is 1. The third-order valence-corrected chi connectivity index (χ3v) is 8.78. The third-order valence-electron chi connectivity index (χ3n) is 7.92. The van der Waals surface area contributed by atoms with E-state index in [2.05, 4.69) is 20.6 Å². The Hall–Kier alpha value is -4.74. The molecule has 1 amide bonds. The Morgan fingerprint density at radius 2 is 1.64 bits per heavy atom. The van der Waals surface area contributed by atoms with Crippen molar-refractivity contribution in [3.63, 3.8) is 0 Å². The van der Waals surface area contributed by atoms with Gasteiger partial charge in [0.15, 0.2) is 0 Å². The number of benzene rings is 4. The minimum absolute atomic E-state index is 0. The fraction of sp³-hybridized carbons (Fsp3) is 0.111. The molecule has 0 saturated heterocycles. The van der Waals surface area contributed by atoms with E-state index in [0.717, 1.165) is 27.8 Å². The molecule has 0 aliphatic carbocycles. The van der Waals surface area contributed by atoms with Crippen molar-refractivity contribution in [1.29, 1.82) is 0 Å². The summed E-state index contributed by atoms with van der Waals surface area (Å²) in [6.07, 6.45) is 0.597. The molecule has 0 aliphatic rings. The van der Waals surface area contributed by atoms with Gasteiger partial charge in [-0.05, 0) is 57.1 Å². The van der Waals surface area contributed by atoms with Crippen molar-refractivity contribution < 1.29 is 4.79 Å². The molecule has 0 spiro atoms. The molecule has 4 aromatic carbocycles. The molecule has 0 aliphatic heterocycles. The number of hydrogen-bond acceptors (Lipinski definition) is 7. The molecule has 228 valence electrons. The number of rotatable bonds is 9. The number of anilines is 1. The summed E-state index contributed by atoms with van der Waals surface area (Å²) in [5.41, 5.74) is 5.94. The molecule has 7 aromatic rings. The first-order chi connectivity index (χ1) is 22.6. The number of H-pyrrole nitrogens is 1. The van der Waals surface area contributed by atoms with Gasteiger partial charge < -0.3 is 4.90 Å². The molecule has 11 heteroatoms. The first-order valence-corrected chi connectivity index (χ1v) is 15.8. The van der Waals surface area contributed by atoms with E-state index in [4.69, 9.17) is 4.98 Å². The number of carbonyl (C=O) groups is 1. The van der Waals surface area contributed by atoms with Gasteiger partial charge in [0, 0.05) is 17.7 Å². The van der Waals surface area contributed by atoms with Crippen LogP contribution in [0.2, 0.25) is 0 Å². The van der Waals surface area contributed by atoms with Crippen LogP contribution in [-0.4, -0.2) is 65.6 Å². The molecule has 7 rings (SSSR count). The summed E-state index contributed by atoms with van der Waals surface area (Å²) >= 11 is 1.40. The van der Waals surface area contributed by atoms with Crippen molar-refractivity contribution in [1.82, 2.24) is 30.2 Å². The minimum atomic E-state index is -0.140. The number of nitrogens with one attached hydrogen (secondary N) is 1. The second-order valence-electron chi connectivity index (χ2n) is 10.8. The van der Waals surface area contributed by atoms with Gasteiger partial charge >= 0.3 is 29.6 Å². The summed E-state index contributed by atoms with van der Waals surface area (Å²) in [6.45, 7) is 2.74. The average molecular weight is 648 g/mol. The van der Waals surface area contributed by atoms with E-state index in [1.165, 1.54) is 11.3 Å². The van der Waals surface area contributed by atoms with E-state index in [1.807, 2.05) is 115 Å². The Bertz CT molecular complexity index is 2180. The molecule has 47 heavy (non-hydrogen) atoms. The van der Waals surface area contributed by atoms with Crippen molar-refractivity contribution in [3.05, 3.63) is 147 Å². The topological polar surface area (TPSA) is 110 Å². The molecule has 0 radical (unpaired) electrons. The third kappa shape index (κ3) is 6.72. The van der Waals surface area contributed by atoms with Gasteiger partial charge in [0.05, 0.1) is 28.9 Å². The molecule has 9 nitrogen and oxygen atoms in total. The van der Waals surface area contributed by atoms with Crippen LogP contribution in [0.15, 0.2) is 119 Å².